The van der Waals surface area contributed by atoms with Gasteiger partial charge in [0, 0.05) is 11.1 Å². The normalized spacial score (nSPS) is 19.7. The van der Waals surface area contributed by atoms with E-state index in [-0.39, 0.29) is 0 Å². The van der Waals surface area contributed by atoms with Gasteiger partial charge in [-0.1, -0.05) is 183 Å². The molecule has 0 radical (unpaired) electrons. The Kier molecular flexibility index (Phi) is 12.8. The Balaban J connectivity index is 1.43. The molecule has 9 nitrogen and oxygen atoms in total. The van der Waals surface area contributed by atoms with Gasteiger partial charge in [0.05, 0.1) is 18.9 Å². The standard InChI is InChI=1S/C43H57N5O4/c1-3-5-7-9-11-13-15-26-34-51-43(52-35-27-16-14-12-10-8-6-4-2)41(36-28-20-17-21-29-36)44-45-42(43,37-30-22-18-23-31-37)48-40(50)46(39(49)47(41)48)38-32-24-19-25-33-38/h17-25,28-33H,3-16,26-27,34-35H2,1-2H3. The highest BCUT2D eigenvalue weighted by molar-refractivity contribution is 5.43. The van der Waals surface area contributed by atoms with Crippen LogP contribution >= 0.6 is 0 Å². The minimum Gasteiger partial charge on any atom is -0.342 e. The van der Waals surface area contributed by atoms with Crippen LogP contribution in [0.1, 0.15) is 128 Å². The van der Waals surface area contributed by atoms with Crippen molar-refractivity contribution in [1.82, 2.24) is 13.9 Å². The number of ether oxygens (including phenoxy) is 2. The first-order chi connectivity index (χ1) is 25.6. The zero-order chi connectivity index (χ0) is 36.3. The van der Waals surface area contributed by atoms with Crippen LogP contribution in [-0.4, -0.2) is 32.9 Å². The summed E-state index contributed by atoms with van der Waals surface area (Å²) in [6.07, 6.45) is 18.4. The molecule has 0 N–H and O–H groups in total. The summed E-state index contributed by atoms with van der Waals surface area (Å²) in [5.41, 5.74) is -2.45. The fourth-order valence-electron chi connectivity index (χ4n) is 8.12. The zero-order valence-corrected chi connectivity index (χ0v) is 31.3. The number of hydrogen-bond donors (Lipinski definition) is 0. The molecule has 0 saturated carbocycles. The minimum atomic E-state index is -1.65. The van der Waals surface area contributed by atoms with Crippen molar-refractivity contribution in [3.8, 4) is 5.69 Å². The number of unbranched alkanes of at least 4 members (excludes halogenated alkanes) is 14. The second-order valence-corrected chi connectivity index (χ2v) is 14.4. The van der Waals surface area contributed by atoms with E-state index in [0.717, 1.165) is 38.5 Å². The highest BCUT2D eigenvalue weighted by atomic mass is 16.7. The monoisotopic (exact) mass is 707 g/mol. The number of benzene rings is 3. The maximum Gasteiger partial charge on any atom is 0.354 e. The van der Waals surface area contributed by atoms with Crippen LogP contribution in [-0.2, 0) is 20.8 Å². The molecule has 4 aromatic rings. The van der Waals surface area contributed by atoms with Gasteiger partial charge in [0.1, 0.15) is 0 Å². The molecule has 1 aromatic heterocycles. The van der Waals surface area contributed by atoms with Crippen molar-refractivity contribution in [2.75, 3.05) is 13.2 Å². The van der Waals surface area contributed by atoms with Gasteiger partial charge < -0.3 is 9.47 Å². The third-order valence-electron chi connectivity index (χ3n) is 10.8. The number of aromatic nitrogens is 3. The van der Waals surface area contributed by atoms with E-state index in [1.807, 2.05) is 78.9 Å². The van der Waals surface area contributed by atoms with Crippen molar-refractivity contribution < 1.29 is 9.47 Å². The van der Waals surface area contributed by atoms with Gasteiger partial charge in [0.25, 0.3) is 17.1 Å². The summed E-state index contributed by atoms with van der Waals surface area (Å²) in [6, 6.07) is 28.3. The molecule has 2 aliphatic heterocycles. The Morgan fingerprint density at radius 3 is 1.21 bits per heavy atom. The van der Waals surface area contributed by atoms with Crippen LogP contribution in [0.15, 0.2) is 111 Å². The van der Waals surface area contributed by atoms with Crippen LogP contribution in [0.25, 0.3) is 5.69 Å². The number of nitrogens with zero attached hydrogens (tertiary/aromatic N) is 5. The molecule has 2 unspecified atom stereocenters. The summed E-state index contributed by atoms with van der Waals surface area (Å²) in [6.45, 7) is 5.22. The van der Waals surface area contributed by atoms with E-state index in [2.05, 4.69) is 13.8 Å². The van der Waals surface area contributed by atoms with Gasteiger partial charge in [-0.15, -0.1) is 10.2 Å². The summed E-state index contributed by atoms with van der Waals surface area (Å²) >= 11 is 0. The summed E-state index contributed by atoms with van der Waals surface area (Å²) in [5, 5.41) is 10.1. The van der Waals surface area contributed by atoms with Crippen LogP contribution in [0.3, 0.4) is 0 Å². The van der Waals surface area contributed by atoms with Crippen LogP contribution in [0.2, 0.25) is 0 Å². The van der Waals surface area contributed by atoms with Crippen molar-refractivity contribution in [1.29, 1.82) is 0 Å². The average molecular weight is 708 g/mol. The van der Waals surface area contributed by atoms with Gasteiger partial charge in [0.2, 0.25) is 0 Å². The summed E-state index contributed by atoms with van der Waals surface area (Å²) in [4.78, 5) is 29.7. The van der Waals surface area contributed by atoms with E-state index in [0.29, 0.717) is 30.0 Å². The topological polar surface area (TPSA) is 92.1 Å². The van der Waals surface area contributed by atoms with Crippen molar-refractivity contribution in [3.05, 3.63) is 123 Å². The molecule has 3 heterocycles. The molecule has 52 heavy (non-hydrogen) atoms. The van der Waals surface area contributed by atoms with Crippen molar-refractivity contribution >= 4 is 0 Å². The van der Waals surface area contributed by atoms with Gasteiger partial charge in [-0.05, 0) is 25.0 Å². The second kappa shape index (κ2) is 17.6. The van der Waals surface area contributed by atoms with Crippen LogP contribution in [0, 0.1) is 0 Å². The lowest BCUT2D eigenvalue weighted by molar-refractivity contribution is -0.293. The molecule has 2 bridgehead atoms. The molecule has 3 aromatic carbocycles. The second-order valence-electron chi connectivity index (χ2n) is 14.4. The van der Waals surface area contributed by atoms with Gasteiger partial charge >= 0.3 is 11.4 Å². The average Bonchev–Trinajstić information content (AvgIpc) is 3.71. The molecule has 0 amide bonds. The lowest BCUT2D eigenvalue weighted by Gasteiger charge is -2.42. The fourth-order valence-corrected chi connectivity index (χ4v) is 8.12. The third-order valence-corrected chi connectivity index (χ3v) is 10.8. The Labute approximate surface area is 308 Å². The number of hydrogen-bond acceptors (Lipinski definition) is 6. The first-order valence-corrected chi connectivity index (χ1v) is 20.0. The summed E-state index contributed by atoms with van der Waals surface area (Å²) in [5.74, 6) is -1.65. The number of rotatable bonds is 23. The van der Waals surface area contributed by atoms with E-state index in [1.54, 1.807) is 12.1 Å². The highest BCUT2D eigenvalue weighted by Gasteiger charge is 2.82. The van der Waals surface area contributed by atoms with Crippen molar-refractivity contribution in [3.63, 3.8) is 0 Å². The Hall–Kier alpha value is -4.08. The van der Waals surface area contributed by atoms with Gasteiger partial charge in [-0.2, -0.15) is 9.36 Å². The Bertz CT molecular complexity index is 1720. The molecule has 278 valence electrons. The number of fused-ring (bicyclic) bond motifs is 5. The lowest BCUT2D eigenvalue weighted by Crippen LogP contribution is -2.63. The van der Waals surface area contributed by atoms with E-state index in [9.17, 15) is 9.59 Å². The molecule has 2 aliphatic rings. The van der Waals surface area contributed by atoms with Crippen LogP contribution in [0.4, 0.5) is 0 Å². The predicted molar refractivity (Wildman–Crippen MR) is 206 cm³/mol. The molecule has 0 aliphatic carbocycles. The van der Waals surface area contributed by atoms with Crippen molar-refractivity contribution in [2.24, 2.45) is 10.2 Å². The predicted octanol–water partition coefficient (Wildman–Crippen LogP) is 9.69. The fraction of sp³-hybridized carbons (Fsp3) is 0.535. The first kappa shape index (κ1) is 37.7. The molecular formula is C43H57N5O4. The van der Waals surface area contributed by atoms with Gasteiger partial charge in [0.15, 0.2) is 0 Å². The molecule has 0 fully saturated rings. The van der Waals surface area contributed by atoms with Crippen LogP contribution < -0.4 is 11.4 Å². The largest absolute Gasteiger partial charge is 0.354 e. The number of para-hydroxylation sites is 1. The molecule has 0 saturated heterocycles. The molecule has 2 atom stereocenters. The summed E-state index contributed by atoms with van der Waals surface area (Å²) < 4.78 is 18.5. The van der Waals surface area contributed by atoms with Gasteiger partial charge in [-0.25, -0.2) is 14.2 Å². The third kappa shape index (κ3) is 6.78. The first-order valence-electron chi connectivity index (χ1n) is 20.0. The molecule has 6 rings (SSSR count). The quantitative estimate of drug-likeness (QED) is 0.0567. The SMILES string of the molecule is CCCCCCCCCCOC1(OCCCCCCCCCC)C2(c3ccccc3)N=NC1(c1ccccc1)n1c(=O)n(-c3ccccc3)c(=O)n12. The molecular weight excluding hydrogens is 651 g/mol. The van der Waals surface area contributed by atoms with Crippen molar-refractivity contribution in [2.45, 2.75) is 134 Å². The van der Waals surface area contributed by atoms with E-state index in [1.165, 1.54) is 78.1 Å². The minimum absolute atomic E-state index is 0.368. The maximum atomic E-state index is 14.9. The zero-order valence-electron chi connectivity index (χ0n) is 31.3. The lowest BCUT2D eigenvalue weighted by atomic mass is 9.81. The van der Waals surface area contributed by atoms with Gasteiger partial charge in [-0.3, -0.25) is 0 Å². The molecule has 0 spiro atoms. The highest BCUT2D eigenvalue weighted by Crippen LogP contribution is 2.62. The Morgan fingerprint density at radius 1 is 0.481 bits per heavy atom. The van der Waals surface area contributed by atoms with E-state index >= 15 is 0 Å². The summed E-state index contributed by atoms with van der Waals surface area (Å²) in [7, 11) is 0. The van der Waals surface area contributed by atoms with E-state index < -0.39 is 28.5 Å². The number of azo groups is 1. The Morgan fingerprint density at radius 2 is 0.827 bits per heavy atom. The van der Waals surface area contributed by atoms with Crippen LogP contribution in [0.5, 0.6) is 0 Å². The van der Waals surface area contributed by atoms with E-state index in [4.69, 9.17) is 19.7 Å². The smallest absolute Gasteiger partial charge is 0.342 e. The maximum absolute atomic E-state index is 14.9. The molecule has 9 heteroatoms.